The van der Waals surface area contributed by atoms with Gasteiger partial charge in [-0.3, -0.25) is 9.48 Å². The molecule has 1 aliphatic carbocycles. The molecule has 0 radical (unpaired) electrons. The number of hydrogen-bond donors (Lipinski definition) is 0. The van der Waals surface area contributed by atoms with Crippen molar-refractivity contribution in [1.82, 2.24) is 14.7 Å². The van der Waals surface area contributed by atoms with Gasteiger partial charge in [0.05, 0.1) is 30.5 Å². The highest BCUT2D eigenvalue weighted by molar-refractivity contribution is 5.95. The van der Waals surface area contributed by atoms with Crippen LogP contribution in [0.1, 0.15) is 40.4 Å². The summed E-state index contributed by atoms with van der Waals surface area (Å²) in [5, 5.41) is 4.38. The van der Waals surface area contributed by atoms with Crippen molar-refractivity contribution in [3.8, 4) is 0 Å². The van der Waals surface area contributed by atoms with E-state index in [0.29, 0.717) is 36.9 Å². The Balaban J connectivity index is 1.56. The smallest absolute Gasteiger partial charge is 0.257 e. The molecular weight excluding hydrogens is 306 g/mol. The summed E-state index contributed by atoms with van der Waals surface area (Å²) in [5.41, 5.74) is 1.68. The first-order chi connectivity index (χ1) is 11.6. The number of rotatable bonds is 4. The quantitative estimate of drug-likeness (QED) is 0.865. The third-order valence-corrected chi connectivity index (χ3v) is 4.78. The second kappa shape index (κ2) is 6.09. The average Bonchev–Trinajstić information content (AvgIpc) is 3.23. The van der Waals surface area contributed by atoms with Crippen LogP contribution in [0.5, 0.6) is 0 Å². The summed E-state index contributed by atoms with van der Waals surface area (Å²) < 4.78 is 13.6. The Morgan fingerprint density at radius 3 is 2.92 bits per heavy atom. The number of aromatic nitrogens is 2. The highest BCUT2D eigenvalue weighted by atomic mass is 16.5. The topological polar surface area (TPSA) is 60.5 Å². The Morgan fingerprint density at radius 1 is 1.38 bits per heavy atom. The fraction of sp³-hybridized carbons (Fsp3) is 0.556. The maximum Gasteiger partial charge on any atom is 0.257 e. The highest BCUT2D eigenvalue weighted by Gasteiger charge is 2.30. The Morgan fingerprint density at radius 2 is 2.21 bits per heavy atom. The molecule has 24 heavy (non-hydrogen) atoms. The molecule has 2 aliphatic rings. The zero-order valence-electron chi connectivity index (χ0n) is 14.2. The van der Waals surface area contributed by atoms with Crippen molar-refractivity contribution in [3.63, 3.8) is 0 Å². The molecule has 0 saturated heterocycles. The van der Waals surface area contributed by atoms with Gasteiger partial charge < -0.3 is 14.1 Å². The van der Waals surface area contributed by atoms with Gasteiger partial charge in [0, 0.05) is 19.3 Å². The van der Waals surface area contributed by atoms with Gasteiger partial charge >= 0.3 is 0 Å². The number of furan rings is 1. The zero-order chi connectivity index (χ0) is 16.7. The first-order valence-electron chi connectivity index (χ1n) is 8.58. The summed E-state index contributed by atoms with van der Waals surface area (Å²) in [7, 11) is 0. The SMILES string of the molecule is Cc1cc(C(=O)N2Cc3ccnn3C[C@@H](OCC3CC3)C2)c(C)o1. The molecule has 1 aliphatic heterocycles. The minimum Gasteiger partial charge on any atom is -0.466 e. The average molecular weight is 329 g/mol. The van der Waals surface area contributed by atoms with Crippen molar-refractivity contribution < 1.29 is 13.9 Å². The molecule has 3 heterocycles. The van der Waals surface area contributed by atoms with E-state index in [-0.39, 0.29) is 12.0 Å². The van der Waals surface area contributed by atoms with E-state index < -0.39 is 0 Å². The van der Waals surface area contributed by atoms with Gasteiger partial charge in [0.2, 0.25) is 0 Å². The van der Waals surface area contributed by atoms with Gasteiger partial charge in [-0.1, -0.05) is 0 Å². The minimum absolute atomic E-state index is 0.000906. The molecule has 1 amide bonds. The number of aryl methyl sites for hydroxylation is 2. The molecule has 1 saturated carbocycles. The molecule has 0 unspecified atom stereocenters. The number of ether oxygens (including phenoxy) is 1. The van der Waals surface area contributed by atoms with E-state index >= 15 is 0 Å². The fourth-order valence-corrected chi connectivity index (χ4v) is 3.25. The predicted molar refractivity (Wildman–Crippen MR) is 87.6 cm³/mol. The Labute approximate surface area is 141 Å². The van der Waals surface area contributed by atoms with E-state index in [1.165, 1.54) is 12.8 Å². The number of amides is 1. The van der Waals surface area contributed by atoms with Crippen molar-refractivity contribution in [1.29, 1.82) is 0 Å². The third kappa shape index (κ3) is 3.11. The zero-order valence-corrected chi connectivity index (χ0v) is 14.2. The van der Waals surface area contributed by atoms with Crippen molar-refractivity contribution in [3.05, 3.63) is 41.1 Å². The number of carbonyl (C=O) groups is 1. The van der Waals surface area contributed by atoms with Crippen LogP contribution in [-0.4, -0.2) is 39.8 Å². The van der Waals surface area contributed by atoms with Gasteiger partial charge in [-0.2, -0.15) is 5.10 Å². The van der Waals surface area contributed by atoms with E-state index in [1.807, 2.05) is 35.6 Å². The van der Waals surface area contributed by atoms with Crippen molar-refractivity contribution in [2.24, 2.45) is 5.92 Å². The molecular formula is C18H23N3O3. The van der Waals surface area contributed by atoms with Crippen LogP contribution in [0.3, 0.4) is 0 Å². The molecule has 0 N–H and O–H groups in total. The van der Waals surface area contributed by atoms with E-state index in [0.717, 1.165) is 18.1 Å². The second-order valence-electron chi connectivity index (χ2n) is 6.92. The van der Waals surface area contributed by atoms with E-state index in [2.05, 4.69) is 5.10 Å². The van der Waals surface area contributed by atoms with Crippen LogP contribution in [-0.2, 0) is 17.8 Å². The van der Waals surface area contributed by atoms with Crippen LogP contribution >= 0.6 is 0 Å². The molecule has 128 valence electrons. The summed E-state index contributed by atoms with van der Waals surface area (Å²) in [5.74, 6) is 2.13. The van der Waals surface area contributed by atoms with Gasteiger partial charge in [0.15, 0.2) is 0 Å². The fourth-order valence-electron chi connectivity index (χ4n) is 3.25. The third-order valence-electron chi connectivity index (χ3n) is 4.78. The van der Waals surface area contributed by atoms with Crippen LogP contribution in [0.25, 0.3) is 0 Å². The molecule has 6 heteroatoms. The monoisotopic (exact) mass is 329 g/mol. The molecule has 0 aromatic carbocycles. The molecule has 1 fully saturated rings. The molecule has 2 aromatic rings. The maximum absolute atomic E-state index is 13.0. The van der Waals surface area contributed by atoms with Crippen LogP contribution in [0.4, 0.5) is 0 Å². The largest absolute Gasteiger partial charge is 0.466 e. The summed E-state index contributed by atoms with van der Waals surface area (Å²) in [6, 6.07) is 3.79. The number of hydrogen-bond acceptors (Lipinski definition) is 4. The van der Waals surface area contributed by atoms with Crippen molar-refractivity contribution >= 4 is 5.91 Å². The summed E-state index contributed by atoms with van der Waals surface area (Å²) in [6.07, 6.45) is 4.28. The van der Waals surface area contributed by atoms with E-state index in [1.54, 1.807) is 6.20 Å². The summed E-state index contributed by atoms with van der Waals surface area (Å²) in [4.78, 5) is 14.9. The van der Waals surface area contributed by atoms with E-state index in [9.17, 15) is 4.79 Å². The lowest BCUT2D eigenvalue weighted by atomic mass is 10.2. The number of fused-ring (bicyclic) bond motifs is 1. The Kier molecular flexibility index (Phi) is 3.92. The molecule has 1 atom stereocenters. The first kappa shape index (κ1) is 15.4. The minimum atomic E-state index is -0.0241. The maximum atomic E-state index is 13.0. The summed E-state index contributed by atoms with van der Waals surface area (Å²) >= 11 is 0. The van der Waals surface area contributed by atoms with Gasteiger partial charge in [-0.05, 0) is 44.7 Å². The molecule has 4 rings (SSSR count). The number of carbonyl (C=O) groups excluding carboxylic acids is 1. The first-order valence-corrected chi connectivity index (χ1v) is 8.58. The number of nitrogens with zero attached hydrogens (tertiary/aromatic N) is 3. The van der Waals surface area contributed by atoms with Crippen LogP contribution < -0.4 is 0 Å². The van der Waals surface area contributed by atoms with Crippen LogP contribution in [0, 0.1) is 19.8 Å². The normalized spacial score (nSPS) is 20.8. The lowest BCUT2D eigenvalue weighted by molar-refractivity contribution is 0.0136. The molecule has 0 bridgehead atoms. The van der Waals surface area contributed by atoms with Gasteiger partial charge in [0.1, 0.15) is 11.5 Å². The predicted octanol–water partition coefficient (Wildman–Crippen LogP) is 2.54. The molecule has 2 aromatic heterocycles. The molecule has 0 spiro atoms. The van der Waals surface area contributed by atoms with Gasteiger partial charge in [-0.25, -0.2) is 0 Å². The van der Waals surface area contributed by atoms with E-state index in [4.69, 9.17) is 9.15 Å². The second-order valence-corrected chi connectivity index (χ2v) is 6.92. The van der Waals surface area contributed by atoms with Crippen molar-refractivity contribution in [2.45, 2.75) is 45.9 Å². The molecule has 6 nitrogen and oxygen atoms in total. The van der Waals surface area contributed by atoms with Gasteiger partial charge in [-0.15, -0.1) is 0 Å². The standard InChI is InChI=1S/C18H23N3O3/c1-12-7-17(13(2)24-12)18(22)20-8-15-5-6-19-21(15)10-16(9-20)23-11-14-3-4-14/h5-7,14,16H,3-4,8-11H2,1-2H3/t16-/m0/s1. The Hall–Kier alpha value is -2.08. The lowest BCUT2D eigenvalue weighted by Gasteiger charge is -2.24. The van der Waals surface area contributed by atoms with Crippen LogP contribution in [0.15, 0.2) is 22.7 Å². The highest BCUT2D eigenvalue weighted by Crippen LogP contribution is 2.30. The van der Waals surface area contributed by atoms with Crippen molar-refractivity contribution in [2.75, 3.05) is 13.2 Å². The summed E-state index contributed by atoms with van der Waals surface area (Å²) in [6.45, 7) is 6.31. The van der Waals surface area contributed by atoms with Crippen LogP contribution in [0.2, 0.25) is 0 Å². The van der Waals surface area contributed by atoms with Gasteiger partial charge in [0.25, 0.3) is 5.91 Å². The lowest BCUT2D eigenvalue weighted by Crippen LogP contribution is -2.37. The Bertz CT molecular complexity index is 745.